The van der Waals surface area contributed by atoms with Crippen LogP contribution in [0.3, 0.4) is 0 Å². The minimum Gasteiger partial charge on any atom is -0.396 e. The lowest BCUT2D eigenvalue weighted by Gasteiger charge is -2.16. The van der Waals surface area contributed by atoms with Gasteiger partial charge in [-0.2, -0.15) is 5.10 Å². The number of amides is 1. The van der Waals surface area contributed by atoms with Crippen LogP contribution in [0.15, 0.2) is 12.4 Å². The molecule has 0 aliphatic rings. The van der Waals surface area contributed by atoms with Crippen LogP contribution in [0.1, 0.15) is 19.3 Å². The Balaban J connectivity index is 2.38. The number of hydrogen-bond donors (Lipinski definition) is 1. The van der Waals surface area contributed by atoms with Gasteiger partial charge in [0.1, 0.15) is 18.9 Å². The van der Waals surface area contributed by atoms with Gasteiger partial charge in [-0.05, 0) is 19.3 Å². The van der Waals surface area contributed by atoms with Crippen LogP contribution in [-0.2, 0) is 11.3 Å². The van der Waals surface area contributed by atoms with Crippen LogP contribution in [0.5, 0.6) is 0 Å². The zero-order valence-corrected chi connectivity index (χ0v) is 10.9. The Morgan fingerprint density at radius 1 is 1.53 bits per heavy atom. The molecule has 1 heterocycles. The van der Waals surface area contributed by atoms with Crippen LogP contribution in [0, 0.1) is 10.1 Å². The molecular formula is C11H18N4O4. The Morgan fingerprint density at radius 3 is 2.84 bits per heavy atom. The van der Waals surface area contributed by atoms with Gasteiger partial charge in [-0.25, -0.2) is 0 Å². The van der Waals surface area contributed by atoms with Crippen LogP contribution in [0.2, 0.25) is 0 Å². The SMILES string of the molecule is CN(CCCCCO)C(=O)Cn1cc([N+](=O)[O-])cn1. The molecule has 0 aromatic carbocycles. The normalized spacial score (nSPS) is 10.4. The van der Waals surface area contributed by atoms with E-state index >= 15 is 0 Å². The number of aliphatic hydroxyl groups excluding tert-OH is 1. The highest BCUT2D eigenvalue weighted by Crippen LogP contribution is 2.08. The van der Waals surface area contributed by atoms with E-state index in [9.17, 15) is 14.9 Å². The Hall–Kier alpha value is -1.96. The van der Waals surface area contributed by atoms with Gasteiger partial charge in [-0.3, -0.25) is 19.6 Å². The van der Waals surface area contributed by atoms with Gasteiger partial charge in [0.15, 0.2) is 0 Å². The average Bonchev–Trinajstić information content (AvgIpc) is 2.83. The summed E-state index contributed by atoms with van der Waals surface area (Å²) in [5, 5.41) is 22.9. The number of likely N-dealkylation sites (N-methyl/N-ethyl adjacent to an activating group) is 1. The minimum atomic E-state index is -0.549. The van der Waals surface area contributed by atoms with Gasteiger partial charge < -0.3 is 10.0 Å². The summed E-state index contributed by atoms with van der Waals surface area (Å²) in [6.45, 7) is 0.751. The fourth-order valence-corrected chi connectivity index (χ4v) is 1.55. The predicted molar refractivity (Wildman–Crippen MR) is 67.5 cm³/mol. The number of rotatable bonds is 8. The van der Waals surface area contributed by atoms with Crippen LogP contribution in [-0.4, -0.2) is 50.8 Å². The van der Waals surface area contributed by atoms with E-state index in [-0.39, 0.29) is 24.7 Å². The predicted octanol–water partition coefficient (Wildman–Crippen LogP) is 0.412. The number of aromatic nitrogens is 2. The smallest absolute Gasteiger partial charge is 0.307 e. The first-order valence-electron chi connectivity index (χ1n) is 6.06. The lowest BCUT2D eigenvalue weighted by Crippen LogP contribution is -2.31. The molecule has 0 fully saturated rings. The molecule has 0 aliphatic heterocycles. The lowest BCUT2D eigenvalue weighted by atomic mass is 10.2. The fraction of sp³-hybridized carbons (Fsp3) is 0.636. The molecule has 1 rings (SSSR count). The zero-order valence-electron chi connectivity index (χ0n) is 10.9. The third-order valence-corrected chi connectivity index (χ3v) is 2.71. The van der Waals surface area contributed by atoms with Gasteiger partial charge in [0, 0.05) is 20.2 Å². The first-order valence-corrected chi connectivity index (χ1v) is 6.06. The Labute approximate surface area is 110 Å². The number of carbonyl (C=O) groups is 1. The first-order chi connectivity index (χ1) is 9.04. The van der Waals surface area contributed by atoms with Crippen molar-refractivity contribution in [3.63, 3.8) is 0 Å². The summed E-state index contributed by atoms with van der Waals surface area (Å²) in [7, 11) is 1.68. The van der Waals surface area contributed by atoms with E-state index < -0.39 is 4.92 Å². The number of unbranched alkanes of at least 4 members (excludes halogenated alkanes) is 2. The number of hydrogen-bond acceptors (Lipinski definition) is 5. The monoisotopic (exact) mass is 270 g/mol. The summed E-state index contributed by atoms with van der Waals surface area (Å²) in [4.78, 5) is 23.3. The van der Waals surface area contributed by atoms with Crippen LogP contribution in [0.4, 0.5) is 5.69 Å². The van der Waals surface area contributed by atoms with Crippen LogP contribution < -0.4 is 0 Å². The highest BCUT2D eigenvalue weighted by atomic mass is 16.6. The standard InChI is InChI=1S/C11H18N4O4/c1-13(5-3-2-4-6-16)11(17)9-14-8-10(7-12-14)15(18)19/h7-8,16H,2-6,9H2,1H3. The van der Waals surface area contributed by atoms with Gasteiger partial charge in [-0.1, -0.05) is 0 Å². The molecule has 1 aromatic heterocycles. The van der Waals surface area contributed by atoms with E-state index in [1.54, 1.807) is 11.9 Å². The highest BCUT2D eigenvalue weighted by molar-refractivity contribution is 5.75. The summed E-state index contributed by atoms with van der Waals surface area (Å²) >= 11 is 0. The van der Waals surface area contributed by atoms with E-state index in [0.29, 0.717) is 6.54 Å². The third-order valence-electron chi connectivity index (χ3n) is 2.71. The van der Waals surface area contributed by atoms with Crippen molar-refractivity contribution in [1.82, 2.24) is 14.7 Å². The topological polar surface area (TPSA) is 102 Å². The molecule has 1 aromatic rings. The number of aliphatic hydroxyl groups is 1. The van der Waals surface area contributed by atoms with Crippen molar-refractivity contribution < 1.29 is 14.8 Å². The quantitative estimate of drug-likeness (QED) is 0.419. The molecule has 8 nitrogen and oxygen atoms in total. The number of carbonyl (C=O) groups excluding carboxylic acids is 1. The maximum absolute atomic E-state index is 11.8. The zero-order chi connectivity index (χ0) is 14.3. The second-order valence-electron chi connectivity index (χ2n) is 4.25. The van der Waals surface area contributed by atoms with Crippen molar-refractivity contribution in [2.75, 3.05) is 20.2 Å². The largest absolute Gasteiger partial charge is 0.396 e. The van der Waals surface area contributed by atoms with E-state index in [0.717, 1.165) is 25.5 Å². The van der Waals surface area contributed by atoms with Crippen molar-refractivity contribution in [2.45, 2.75) is 25.8 Å². The summed E-state index contributed by atoms with van der Waals surface area (Å²) < 4.78 is 1.25. The van der Waals surface area contributed by atoms with E-state index in [2.05, 4.69) is 5.10 Å². The van der Waals surface area contributed by atoms with Gasteiger partial charge >= 0.3 is 5.69 Å². The summed E-state index contributed by atoms with van der Waals surface area (Å²) in [6, 6.07) is 0. The van der Waals surface area contributed by atoms with Crippen LogP contribution >= 0.6 is 0 Å². The molecule has 1 N–H and O–H groups in total. The molecule has 0 bridgehead atoms. The van der Waals surface area contributed by atoms with Gasteiger partial charge in [-0.15, -0.1) is 0 Å². The van der Waals surface area contributed by atoms with Gasteiger partial charge in [0.25, 0.3) is 0 Å². The van der Waals surface area contributed by atoms with Crippen molar-refractivity contribution >= 4 is 11.6 Å². The Kier molecular flexibility index (Phi) is 5.94. The minimum absolute atomic E-state index is 0.00958. The number of nitrogens with zero attached hydrogens (tertiary/aromatic N) is 4. The summed E-state index contributed by atoms with van der Waals surface area (Å²) in [6.07, 6.45) is 4.77. The maximum atomic E-state index is 11.8. The van der Waals surface area contributed by atoms with Gasteiger partial charge in [0.05, 0.1) is 4.92 Å². The maximum Gasteiger partial charge on any atom is 0.307 e. The second kappa shape index (κ2) is 7.47. The van der Waals surface area contributed by atoms with Crippen molar-refractivity contribution in [3.05, 3.63) is 22.5 Å². The molecule has 0 aliphatic carbocycles. The molecular weight excluding hydrogens is 252 g/mol. The number of nitro groups is 1. The molecule has 0 unspecified atom stereocenters. The molecule has 106 valence electrons. The first kappa shape index (κ1) is 15.1. The molecule has 0 spiro atoms. The van der Waals surface area contributed by atoms with Crippen molar-refractivity contribution in [2.24, 2.45) is 0 Å². The average molecular weight is 270 g/mol. The Morgan fingerprint density at radius 2 is 2.26 bits per heavy atom. The lowest BCUT2D eigenvalue weighted by molar-refractivity contribution is -0.385. The summed E-state index contributed by atoms with van der Waals surface area (Å²) in [5.41, 5.74) is -0.126. The Bertz CT molecular complexity index is 432. The van der Waals surface area contributed by atoms with E-state index in [4.69, 9.17) is 5.11 Å². The summed E-state index contributed by atoms with van der Waals surface area (Å²) in [5.74, 6) is -0.151. The molecule has 19 heavy (non-hydrogen) atoms. The van der Waals surface area contributed by atoms with Crippen LogP contribution in [0.25, 0.3) is 0 Å². The molecule has 0 saturated carbocycles. The third kappa shape index (κ3) is 5.04. The fourth-order valence-electron chi connectivity index (χ4n) is 1.55. The molecule has 0 atom stereocenters. The second-order valence-corrected chi connectivity index (χ2v) is 4.25. The highest BCUT2D eigenvalue weighted by Gasteiger charge is 2.13. The van der Waals surface area contributed by atoms with Gasteiger partial charge in [0.2, 0.25) is 5.91 Å². The molecule has 1 amide bonds. The van der Waals surface area contributed by atoms with E-state index in [1.807, 2.05) is 0 Å². The van der Waals surface area contributed by atoms with Crippen molar-refractivity contribution in [3.8, 4) is 0 Å². The van der Waals surface area contributed by atoms with Crippen molar-refractivity contribution in [1.29, 1.82) is 0 Å². The molecule has 0 saturated heterocycles. The van der Waals surface area contributed by atoms with E-state index in [1.165, 1.54) is 10.9 Å². The molecule has 0 radical (unpaired) electrons. The molecule has 8 heteroatoms.